The summed E-state index contributed by atoms with van der Waals surface area (Å²) in [6.45, 7) is 0.599. The van der Waals surface area contributed by atoms with Crippen LogP contribution in [0.5, 0.6) is 0 Å². The summed E-state index contributed by atoms with van der Waals surface area (Å²) in [5.74, 6) is -0.332. The third-order valence-electron chi connectivity index (χ3n) is 3.47. The molecule has 0 aliphatic heterocycles. The van der Waals surface area contributed by atoms with Gasteiger partial charge >= 0.3 is 0 Å². The molecule has 0 aliphatic rings. The topological polar surface area (TPSA) is 32.3 Å². The van der Waals surface area contributed by atoms with Gasteiger partial charge in [-0.3, -0.25) is 4.79 Å². The molecular formula is C18H21FN2O. The lowest BCUT2D eigenvalue weighted by atomic mass is 10.1. The largest absolute Gasteiger partial charge is 0.378 e. The highest BCUT2D eigenvalue weighted by Crippen LogP contribution is 2.12. The number of nitrogens with one attached hydrogen (secondary N) is 1. The minimum Gasteiger partial charge on any atom is -0.378 e. The lowest BCUT2D eigenvalue weighted by molar-refractivity contribution is -0.120. The second kappa shape index (κ2) is 7.59. The maximum absolute atomic E-state index is 12.8. The van der Waals surface area contributed by atoms with Gasteiger partial charge in [-0.25, -0.2) is 4.39 Å². The van der Waals surface area contributed by atoms with E-state index in [9.17, 15) is 9.18 Å². The van der Waals surface area contributed by atoms with Crippen LogP contribution in [0.1, 0.15) is 11.1 Å². The molecule has 0 aliphatic carbocycles. The minimum absolute atomic E-state index is 0.0449. The number of anilines is 1. The molecule has 2 rings (SSSR count). The van der Waals surface area contributed by atoms with Crippen molar-refractivity contribution in [3.05, 3.63) is 65.5 Å². The van der Waals surface area contributed by atoms with Crippen LogP contribution in [0, 0.1) is 5.82 Å². The van der Waals surface area contributed by atoms with Gasteiger partial charge in [-0.2, -0.15) is 0 Å². The first-order valence-electron chi connectivity index (χ1n) is 7.32. The van der Waals surface area contributed by atoms with Crippen molar-refractivity contribution in [1.82, 2.24) is 5.32 Å². The molecule has 0 heterocycles. The zero-order valence-corrected chi connectivity index (χ0v) is 13.0. The van der Waals surface area contributed by atoms with Gasteiger partial charge in [0, 0.05) is 26.3 Å². The number of hydrogen-bond donors (Lipinski definition) is 1. The van der Waals surface area contributed by atoms with Crippen molar-refractivity contribution in [3.8, 4) is 0 Å². The normalized spacial score (nSPS) is 10.3. The van der Waals surface area contributed by atoms with Crippen LogP contribution in [-0.2, 0) is 17.6 Å². The number of hydrogen-bond acceptors (Lipinski definition) is 2. The Bertz CT molecular complexity index is 606. The Morgan fingerprint density at radius 2 is 1.59 bits per heavy atom. The monoisotopic (exact) mass is 300 g/mol. The molecule has 0 atom stereocenters. The van der Waals surface area contributed by atoms with Crippen LogP contribution in [0.25, 0.3) is 0 Å². The van der Waals surface area contributed by atoms with E-state index < -0.39 is 0 Å². The van der Waals surface area contributed by atoms with Gasteiger partial charge in [-0.05, 0) is 41.8 Å². The average molecular weight is 300 g/mol. The van der Waals surface area contributed by atoms with Crippen LogP contribution in [0.15, 0.2) is 48.5 Å². The van der Waals surface area contributed by atoms with Gasteiger partial charge in [0.25, 0.3) is 0 Å². The standard InChI is InChI=1S/C18H21FN2O/c1-21(2)17-9-5-14(6-10-17)11-12-20-18(22)13-15-3-7-16(19)8-4-15/h3-10H,11-13H2,1-2H3,(H,20,22). The lowest BCUT2D eigenvalue weighted by Gasteiger charge is -2.12. The van der Waals surface area contributed by atoms with Crippen molar-refractivity contribution >= 4 is 11.6 Å². The van der Waals surface area contributed by atoms with Gasteiger partial charge in [0.2, 0.25) is 5.91 Å². The molecule has 0 bridgehead atoms. The summed E-state index contributed by atoms with van der Waals surface area (Å²) in [5, 5.41) is 2.89. The van der Waals surface area contributed by atoms with Gasteiger partial charge in [0.15, 0.2) is 0 Å². The first-order valence-corrected chi connectivity index (χ1v) is 7.32. The maximum atomic E-state index is 12.8. The molecule has 0 aromatic heterocycles. The molecule has 2 aromatic rings. The Hall–Kier alpha value is -2.36. The SMILES string of the molecule is CN(C)c1ccc(CCNC(=O)Cc2ccc(F)cc2)cc1. The molecule has 0 spiro atoms. The highest BCUT2D eigenvalue weighted by atomic mass is 19.1. The zero-order valence-electron chi connectivity index (χ0n) is 13.0. The van der Waals surface area contributed by atoms with E-state index in [1.807, 2.05) is 19.0 Å². The molecule has 2 aromatic carbocycles. The molecule has 116 valence electrons. The number of amides is 1. The molecule has 0 radical (unpaired) electrons. The van der Waals surface area contributed by atoms with E-state index in [4.69, 9.17) is 0 Å². The molecule has 0 saturated carbocycles. The molecule has 0 unspecified atom stereocenters. The summed E-state index contributed by atoms with van der Waals surface area (Å²) in [4.78, 5) is 13.9. The van der Waals surface area contributed by atoms with Crippen molar-refractivity contribution in [3.63, 3.8) is 0 Å². The summed E-state index contributed by atoms with van der Waals surface area (Å²) in [6, 6.07) is 14.3. The van der Waals surface area contributed by atoms with E-state index in [0.29, 0.717) is 6.54 Å². The predicted molar refractivity (Wildman–Crippen MR) is 87.6 cm³/mol. The van der Waals surface area contributed by atoms with Crippen molar-refractivity contribution in [2.45, 2.75) is 12.8 Å². The fourth-order valence-corrected chi connectivity index (χ4v) is 2.16. The molecule has 0 saturated heterocycles. The fraction of sp³-hybridized carbons (Fsp3) is 0.278. The number of rotatable bonds is 6. The molecule has 1 amide bonds. The number of benzene rings is 2. The Balaban J connectivity index is 1.75. The predicted octanol–water partition coefficient (Wildman–Crippen LogP) is 2.79. The van der Waals surface area contributed by atoms with Gasteiger partial charge in [-0.15, -0.1) is 0 Å². The van der Waals surface area contributed by atoms with Crippen LogP contribution in [-0.4, -0.2) is 26.5 Å². The smallest absolute Gasteiger partial charge is 0.224 e. The van der Waals surface area contributed by atoms with Crippen molar-refractivity contribution in [2.24, 2.45) is 0 Å². The molecule has 0 fully saturated rings. The highest BCUT2D eigenvalue weighted by Gasteiger charge is 2.03. The van der Waals surface area contributed by atoms with Gasteiger partial charge in [0.1, 0.15) is 5.82 Å². The van der Waals surface area contributed by atoms with E-state index in [2.05, 4.69) is 29.6 Å². The van der Waals surface area contributed by atoms with Crippen LogP contribution < -0.4 is 10.2 Å². The second-order valence-electron chi connectivity index (χ2n) is 5.46. The summed E-state index contributed by atoms with van der Waals surface area (Å²) < 4.78 is 12.8. The molecular weight excluding hydrogens is 279 g/mol. The van der Waals surface area contributed by atoms with E-state index >= 15 is 0 Å². The first kappa shape index (κ1) is 16.0. The van der Waals surface area contributed by atoms with Crippen molar-refractivity contribution in [1.29, 1.82) is 0 Å². The Morgan fingerprint density at radius 3 is 2.18 bits per heavy atom. The Morgan fingerprint density at radius 1 is 1.00 bits per heavy atom. The number of nitrogens with zero attached hydrogens (tertiary/aromatic N) is 1. The number of halogens is 1. The van der Waals surface area contributed by atoms with Crippen molar-refractivity contribution < 1.29 is 9.18 Å². The quantitative estimate of drug-likeness (QED) is 0.889. The molecule has 22 heavy (non-hydrogen) atoms. The third kappa shape index (κ3) is 4.88. The summed E-state index contributed by atoms with van der Waals surface area (Å²) in [7, 11) is 4.01. The van der Waals surface area contributed by atoms with Gasteiger partial charge < -0.3 is 10.2 Å². The number of carbonyl (C=O) groups is 1. The maximum Gasteiger partial charge on any atom is 0.224 e. The fourth-order valence-electron chi connectivity index (χ4n) is 2.16. The third-order valence-corrected chi connectivity index (χ3v) is 3.47. The van der Waals surface area contributed by atoms with Crippen LogP contribution in [0.2, 0.25) is 0 Å². The van der Waals surface area contributed by atoms with Crippen molar-refractivity contribution in [2.75, 3.05) is 25.5 Å². The van der Waals surface area contributed by atoms with Crippen LogP contribution >= 0.6 is 0 Å². The summed E-state index contributed by atoms with van der Waals surface area (Å²) in [5.41, 5.74) is 3.16. The van der Waals surface area contributed by atoms with Crippen LogP contribution in [0.4, 0.5) is 10.1 Å². The summed E-state index contributed by atoms with van der Waals surface area (Å²) >= 11 is 0. The lowest BCUT2D eigenvalue weighted by Crippen LogP contribution is -2.27. The van der Waals surface area contributed by atoms with Gasteiger partial charge in [-0.1, -0.05) is 24.3 Å². The van der Waals surface area contributed by atoms with E-state index in [1.54, 1.807) is 12.1 Å². The minimum atomic E-state index is -0.287. The van der Waals surface area contributed by atoms with E-state index in [0.717, 1.165) is 17.7 Å². The first-order chi connectivity index (χ1) is 10.5. The zero-order chi connectivity index (χ0) is 15.9. The number of carbonyl (C=O) groups excluding carboxylic acids is 1. The molecule has 3 nitrogen and oxygen atoms in total. The van der Waals surface area contributed by atoms with E-state index in [1.165, 1.54) is 17.7 Å². The molecule has 1 N–H and O–H groups in total. The summed E-state index contributed by atoms with van der Waals surface area (Å²) in [6.07, 6.45) is 1.07. The van der Waals surface area contributed by atoms with Gasteiger partial charge in [0.05, 0.1) is 6.42 Å². The highest BCUT2D eigenvalue weighted by molar-refractivity contribution is 5.78. The Kier molecular flexibility index (Phi) is 5.53. The Labute approximate surface area is 130 Å². The second-order valence-corrected chi connectivity index (χ2v) is 5.46. The van der Waals surface area contributed by atoms with E-state index in [-0.39, 0.29) is 18.1 Å². The van der Waals surface area contributed by atoms with Crippen LogP contribution in [0.3, 0.4) is 0 Å². The average Bonchev–Trinajstić information content (AvgIpc) is 2.50. The molecule has 4 heteroatoms.